The third kappa shape index (κ3) is 4.94. The molecule has 0 bridgehead atoms. The maximum absolute atomic E-state index is 11.8. The number of carboxylic acids is 1. The van der Waals surface area contributed by atoms with Crippen LogP contribution in [0.15, 0.2) is 18.2 Å². The normalized spacial score (nSPS) is 11.8. The molecule has 2 amide bonds. The van der Waals surface area contributed by atoms with Crippen molar-refractivity contribution in [2.75, 3.05) is 16.8 Å². The maximum Gasteiger partial charge on any atom is 0.339 e. The van der Waals surface area contributed by atoms with Gasteiger partial charge in [-0.05, 0) is 24.8 Å². The summed E-state index contributed by atoms with van der Waals surface area (Å²) >= 11 is 7.54. The molecule has 0 saturated heterocycles. The molecule has 20 heavy (non-hydrogen) atoms. The molecule has 0 saturated carbocycles. The molecule has 0 spiro atoms. The van der Waals surface area contributed by atoms with Crippen molar-refractivity contribution >= 4 is 41.1 Å². The van der Waals surface area contributed by atoms with E-state index in [0.29, 0.717) is 0 Å². The standard InChI is InChI=1S/C13H17ClN2O3S/c1-3-20-7-8(2)15-13(19)16-10-6-4-5-9(14)11(10)12(17)18/h4-6,8H,3,7H2,1-2H3,(H,17,18)(H2,15,16,19). The number of benzene rings is 1. The molecule has 0 heterocycles. The van der Waals surface area contributed by atoms with Gasteiger partial charge in [0.15, 0.2) is 0 Å². The van der Waals surface area contributed by atoms with E-state index in [4.69, 9.17) is 16.7 Å². The highest BCUT2D eigenvalue weighted by Crippen LogP contribution is 2.24. The highest BCUT2D eigenvalue weighted by molar-refractivity contribution is 7.99. The van der Waals surface area contributed by atoms with Gasteiger partial charge in [-0.1, -0.05) is 24.6 Å². The summed E-state index contributed by atoms with van der Waals surface area (Å²) in [5.74, 6) is 0.594. The lowest BCUT2D eigenvalue weighted by molar-refractivity contribution is 0.0698. The van der Waals surface area contributed by atoms with E-state index in [-0.39, 0.29) is 22.3 Å². The molecule has 110 valence electrons. The summed E-state index contributed by atoms with van der Waals surface area (Å²) in [6.07, 6.45) is 0. The minimum Gasteiger partial charge on any atom is -0.478 e. The number of aromatic carboxylic acids is 1. The number of carboxylic acid groups (broad SMARTS) is 1. The molecule has 0 fully saturated rings. The Kier molecular flexibility index (Phi) is 6.67. The molecular weight excluding hydrogens is 300 g/mol. The van der Waals surface area contributed by atoms with Crippen molar-refractivity contribution in [2.45, 2.75) is 19.9 Å². The number of urea groups is 1. The number of hydrogen-bond donors (Lipinski definition) is 3. The van der Waals surface area contributed by atoms with E-state index < -0.39 is 12.0 Å². The average molecular weight is 317 g/mol. The highest BCUT2D eigenvalue weighted by atomic mass is 35.5. The number of rotatable bonds is 6. The van der Waals surface area contributed by atoms with E-state index in [2.05, 4.69) is 10.6 Å². The second-order valence-corrected chi connectivity index (χ2v) is 5.85. The predicted molar refractivity (Wildman–Crippen MR) is 83.0 cm³/mol. The molecule has 0 aliphatic carbocycles. The lowest BCUT2D eigenvalue weighted by Crippen LogP contribution is -2.37. The van der Waals surface area contributed by atoms with Crippen LogP contribution in [0.5, 0.6) is 0 Å². The summed E-state index contributed by atoms with van der Waals surface area (Å²) in [6, 6.07) is 4.10. The van der Waals surface area contributed by atoms with Crippen molar-refractivity contribution in [2.24, 2.45) is 0 Å². The predicted octanol–water partition coefficient (Wildman–Crippen LogP) is 3.30. The van der Waals surface area contributed by atoms with Crippen LogP contribution in [0.4, 0.5) is 10.5 Å². The Balaban J connectivity index is 2.71. The van der Waals surface area contributed by atoms with Crippen molar-refractivity contribution in [1.82, 2.24) is 5.32 Å². The zero-order chi connectivity index (χ0) is 15.1. The molecule has 0 radical (unpaired) electrons. The molecule has 7 heteroatoms. The lowest BCUT2D eigenvalue weighted by Gasteiger charge is -2.15. The fraction of sp³-hybridized carbons (Fsp3) is 0.385. The van der Waals surface area contributed by atoms with Crippen molar-refractivity contribution in [3.8, 4) is 0 Å². The minimum absolute atomic E-state index is 0.00703. The van der Waals surface area contributed by atoms with Crippen molar-refractivity contribution in [3.05, 3.63) is 28.8 Å². The van der Waals surface area contributed by atoms with Crippen LogP contribution in [0.25, 0.3) is 0 Å². The number of hydrogen-bond acceptors (Lipinski definition) is 3. The number of carbonyl (C=O) groups excluding carboxylic acids is 1. The van der Waals surface area contributed by atoms with Crippen LogP contribution in [-0.2, 0) is 0 Å². The quantitative estimate of drug-likeness (QED) is 0.752. The molecule has 1 aromatic rings. The summed E-state index contributed by atoms with van der Waals surface area (Å²) in [5.41, 5.74) is 0.0674. The number of halogens is 1. The number of anilines is 1. The maximum atomic E-state index is 11.8. The van der Waals surface area contributed by atoms with Crippen LogP contribution in [0.3, 0.4) is 0 Å². The van der Waals surface area contributed by atoms with Gasteiger partial charge in [-0.2, -0.15) is 11.8 Å². The van der Waals surface area contributed by atoms with Gasteiger partial charge in [-0.3, -0.25) is 0 Å². The molecule has 1 unspecified atom stereocenters. The van der Waals surface area contributed by atoms with Crippen molar-refractivity contribution in [1.29, 1.82) is 0 Å². The molecule has 0 aromatic heterocycles. The number of amides is 2. The first-order valence-electron chi connectivity index (χ1n) is 6.12. The summed E-state index contributed by atoms with van der Waals surface area (Å²) < 4.78 is 0. The zero-order valence-corrected chi connectivity index (χ0v) is 12.8. The Bertz CT molecular complexity index is 497. The number of thioether (sulfide) groups is 1. The molecule has 1 atom stereocenters. The zero-order valence-electron chi connectivity index (χ0n) is 11.3. The van der Waals surface area contributed by atoms with Gasteiger partial charge in [0.1, 0.15) is 5.56 Å². The van der Waals surface area contributed by atoms with E-state index in [1.54, 1.807) is 17.8 Å². The second kappa shape index (κ2) is 8.01. The van der Waals surface area contributed by atoms with Gasteiger partial charge in [0.05, 0.1) is 10.7 Å². The van der Waals surface area contributed by atoms with E-state index >= 15 is 0 Å². The van der Waals surface area contributed by atoms with E-state index in [1.807, 2.05) is 13.8 Å². The average Bonchev–Trinajstić information content (AvgIpc) is 2.35. The topological polar surface area (TPSA) is 78.4 Å². The Morgan fingerprint density at radius 1 is 1.45 bits per heavy atom. The molecule has 0 aliphatic heterocycles. The first-order valence-corrected chi connectivity index (χ1v) is 7.66. The van der Waals surface area contributed by atoms with Crippen molar-refractivity contribution < 1.29 is 14.7 Å². The summed E-state index contributed by atoms with van der Waals surface area (Å²) in [5, 5.41) is 14.4. The van der Waals surface area contributed by atoms with E-state index in [9.17, 15) is 9.59 Å². The van der Waals surface area contributed by atoms with Gasteiger partial charge in [0.25, 0.3) is 0 Å². The van der Waals surface area contributed by atoms with Gasteiger partial charge >= 0.3 is 12.0 Å². The van der Waals surface area contributed by atoms with E-state index in [0.717, 1.165) is 11.5 Å². The van der Waals surface area contributed by atoms with Gasteiger partial charge < -0.3 is 15.7 Å². The van der Waals surface area contributed by atoms with Crippen LogP contribution in [0.1, 0.15) is 24.2 Å². The summed E-state index contributed by atoms with van der Waals surface area (Å²) in [7, 11) is 0. The Labute approximate surface area is 127 Å². The summed E-state index contributed by atoms with van der Waals surface area (Å²) in [4.78, 5) is 22.9. The molecule has 5 nitrogen and oxygen atoms in total. The first kappa shape index (κ1) is 16.7. The molecule has 1 rings (SSSR count). The minimum atomic E-state index is -1.18. The lowest BCUT2D eigenvalue weighted by atomic mass is 10.2. The second-order valence-electron chi connectivity index (χ2n) is 4.13. The SMILES string of the molecule is CCSCC(C)NC(=O)Nc1cccc(Cl)c1C(=O)O. The highest BCUT2D eigenvalue weighted by Gasteiger charge is 2.16. The van der Waals surface area contributed by atoms with Crippen LogP contribution in [0, 0.1) is 0 Å². The Morgan fingerprint density at radius 2 is 2.15 bits per heavy atom. The fourth-order valence-electron chi connectivity index (χ4n) is 1.56. The van der Waals surface area contributed by atoms with Crippen LogP contribution < -0.4 is 10.6 Å². The van der Waals surface area contributed by atoms with Gasteiger partial charge in [0.2, 0.25) is 0 Å². The van der Waals surface area contributed by atoms with E-state index in [1.165, 1.54) is 12.1 Å². The van der Waals surface area contributed by atoms with Crippen molar-refractivity contribution in [3.63, 3.8) is 0 Å². The van der Waals surface area contributed by atoms with Crippen LogP contribution in [0.2, 0.25) is 5.02 Å². The number of nitrogens with one attached hydrogen (secondary N) is 2. The van der Waals surface area contributed by atoms with Gasteiger partial charge in [-0.25, -0.2) is 9.59 Å². The van der Waals surface area contributed by atoms with Gasteiger partial charge in [-0.15, -0.1) is 0 Å². The third-order valence-electron chi connectivity index (χ3n) is 2.43. The first-order chi connectivity index (χ1) is 9.45. The monoisotopic (exact) mass is 316 g/mol. The van der Waals surface area contributed by atoms with Crippen LogP contribution >= 0.6 is 23.4 Å². The van der Waals surface area contributed by atoms with Crippen LogP contribution in [-0.4, -0.2) is 34.7 Å². The number of carbonyl (C=O) groups is 2. The third-order valence-corrected chi connectivity index (χ3v) is 3.88. The Hall–Kier alpha value is -1.40. The molecule has 0 aliphatic rings. The molecule has 3 N–H and O–H groups in total. The Morgan fingerprint density at radius 3 is 2.75 bits per heavy atom. The molecular formula is C13H17ClN2O3S. The molecule has 1 aromatic carbocycles. The summed E-state index contributed by atoms with van der Waals surface area (Å²) in [6.45, 7) is 3.93. The van der Waals surface area contributed by atoms with Gasteiger partial charge in [0, 0.05) is 11.8 Å². The smallest absolute Gasteiger partial charge is 0.339 e. The fourth-order valence-corrected chi connectivity index (χ4v) is 2.49. The largest absolute Gasteiger partial charge is 0.478 e.